The van der Waals surface area contributed by atoms with Crippen LogP contribution < -0.4 is 11.1 Å². The van der Waals surface area contributed by atoms with Gasteiger partial charge in [-0.1, -0.05) is 23.8 Å². The molecule has 1 saturated carbocycles. The number of thiocarbonyl (C=S) groups is 1. The van der Waals surface area contributed by atoms with E-state index in [0.29, 0.717) is 16.6 Å². The van der Waals surface area contributed by atoms with Crippen molar-refractivity contribution in [1.29, 1.82) is 0 Å². The Hall–Kier alpha value is -0.840. The lowest BCUT2D eigenvalue weighted by Crippen LogP contribution is -2.12. The molecule has 1 aliphatic carbocycles. The standard InChI is InChI=1S/C13H17ClN2OS/c14-11-7-10(13(15)18)3-4-12(11)16-5-6-17-8-9-1-2-9/h3-4,7,9,16H,1-2,5-6,8H2,(H2,15,18). The first-order valence-corrected chi connectivity index (χ1v) is 6.86. The number of hydrogen-bond acceptors (Lipinski definition) is 3. The number of anilines is 1. The molecule has 0 heterocycles. The summed E-state index contributed by atoms with van der Waals surface area (Å²) in [4.78, 5) is 0.358. The maximum absolute atomic E-state index is 6.13. The van der Waals surface area contributed by atoms with Gasteiger partial charge in [0.05, 0.1) is 17.3 Å². The smallest absolute Gasteiger partial charge is 0.104 e. The summed E-state index contributed by atoms with van der Waals surface area (Å²) < 4.78 is 5.53. The van der Waals surface area contributed by atoms with E-state index >= 15 is 0 Å². The molecule has 3 nitrogen and oxygen atoms in total. The Morgan fingerprint density at radius 2 is 2.28 bits per heavy atom. The topological polar surface area (TPSA) is 47.3 Å². The lowest BCUT2D eigenvalue weighted by atomic mass is 10.2. The molecule has 18 heavy (non-hydrogen) atoms. The number of benzene rings is 1. The molecule has 98 valence electrons. The van der Waals surface area contributed by atoms with E-state index in [1.807, 2.05) is 12.1 Å². The van der Waals surface area contributed by atoms with E-state index in [4.69, 9.17) is 34.3 Å². The van der Waals surface area contributed by atoms with Crippen LogP contribution in [0.25, 0.3) is 0 Å². The Morgan fingerprint density at radius 3 is 2.89 bits per heavy atom. The van der Waals surface area contributed by atoms with Crippen LogP contribution in [0.3, 0.4) is 0 Å². The molecule has 0 saturated heterocycles. The van der Waals surface area contributed by atoms with E-state index in [-0.39, 0.29) is 0 Å². The predicted molar refractivity (Wildman–Crippen MR) is 79.4 cm³/mol. The van der Waals surface area contributed by atoms with E-state index in [2.05, 4.69) is 5.32 Å². The van der Waals surface area contributed by atoms with Crippen LogP contribution >= 0.6 is 23.8 Å². The highest BCUT2D eigenvalue weighted by Crippen LogP contribution is 2.28. The molecule has 0 aromatic heterocycles. The van der Waals surface area contributed by atoms with Crippen molar-refractivity contribution in [2.45, 2.75) is 12.8 Å². The molecule has 1 fully saturated rings. The zero-order valence-corrected chi connectivity index (χ0v) is 11.7. The van der Waals surface area contributed by atoms with Gasteiger partial charge in [0.25, 0.3) is 0 Å². The van der Waals surface area contributed by atoms with E-state index in [1.54, 1.807) is 6.07 Å². The molecule has 1 aromatic carbocycles. The van der Waals surface area contributed by atoms with Gasteiger partial charge in [-0.05, 0) is 37.0 Å². The third-order valence-corrected chi connectivity index (χ3v) is 3.41. The summed E-state index contributed by atoms with van der Waals surface area (Å²) in [6, 6.07) is 5.52. The number of nitrogens with two attached hydrogens (primary N) is 1. The largest absolute Gasteiger partial charge is 0.389 e. The minimum absolute atomic E-state index is 0.358. The van der Waals surface area contributed by atoms with Gasteiger partial charge in [0, 0.05) is 18.7 Å². The molecule has 0 radical (unpaired) electrons. The van der Waals surface area contributed by atoms with Gasteiger partial charge in [-0.25, -0.2) is 0 Å². The second-order valence-corrected chi connectivity index (χ2v) is 5.35. The third kappa shape index (κ3) is 4.12. The molecule has 0 unspecified atom stereocenters. The highest BCUT2D eigenvalue weighted by atomic mass is 35.5. The lowest BCUT2D eigenvalue weighted by molar-refractivity contribution is 0.134. The third-order valence-electron chi connectivity index (χ3n) is 2.87. The molecular weight excluding hydrogens is 268 g/mol. The SMILES string of the molecule is NC(=S)c1ccc(NCCOCC2CC2)c(Cl)c1. The molecule has 0 amide bonds. The first kappa shape index (κ1) is 13.6. The van der Waals surface area contributed by atoms with Gasteiger partial charge in [-0.2, -0.15) is 0 Å². The van der Waals surface area contributed by atoms with E-state index in [9.17, 15) is 0 Å². The van der Waals surface area contributed by atoms with Crippen LogP contribution in [0.4, 0.5) is 5.69 Å². The minimum atomic E-state index is 0.358. The molecule has 1 aliphatic rings. The number of nitrogens with one attached hydrogen (secondary N) is 1. The first-order valence-electron chi connectivity index (χ1n) is 6.08. The van der Waals surface area contributed by atoms with Crippen LogP contribution in [-0.2, 0) is 4.74 Å². The highest BCUT2D eigenvalue weighted by Gasteiger charge is 2.20. The summed E-state index contributed by atoms with van der Waals surface area (Å²) in [6.07, 6.45) is 2.64. The fourth-order valence-electron chi connectivity index (χ4n) is 1.60. The fraction of sp³-hybridized carbons (Fsp3) is 0.462. The maximum Gasteiger partial charge on any atom is 0.104 e. The van der Waals surface area contributed by atoms with Crippen LogP contribution in [0, 0.1) is 5.92 Å². The van der Waals surface area contributed by atoms with Crippen molar-refractivity contribution in [3.05, 3.63) is 28.8 Å². The number of ether oxygens (including phenoxy) is 1. The van der Waals surface area contributed by atoms with Crippen LogP contribution in [0.15, 0.2) is 18.2 Å². The minimum Gasteiger partial charge on any atom is -0.389 e. The van der Waals surface area contributed by atoms with Crippen molar-refractivity contribution in [2.24, 2.45) is 11.7 Å². The summed E-state index contributed by atoms with van der Waals surface area (Å²) >= 11 is 11.0. The summed E-state index contributed by atoms with van der Waals surface area (Å²) in [5.41, 5.74) is 7.20. The van der Waals surface area contributed by atoms with Crippen LogP contribution in [0.1, 0.15) is 18.4 Å². The first-order chi connectivity index (χ1) is 8.66. The summed E-state index contributed by atoms with van der Waals surface area (Å²) in [6.45, 7) is 2.33. The molecular formula is C13H17ClN2OS. The highest BCUT2D eigenvalue weighted by molar-refractivity contribution is 7.80. The van der Waals surface area contributed by atoms with Crippen molar-refractivity contribution >= 4 is 34.5 Å². The summed E-state index contributed by atoms with van der Waals surface area (Å²) in [7, 11) is 0. The maximum atomic E-state index is 6.13. The molecule has 1 aromatic rings. The van der Waals surface area contributed by atoms with Gasteiger partial charge in [0.1, 0.15) is 4.99 Å². The van der Waals surface area contributed by atoms with Crippen molar-refractivity contribution in [2.75, 3.05) is 25.1 Å². The molecule has 2 rings (SSSR count). The molecule has 5 heteroatoms. The average molecular weight is 285 g/mol. The Bertz CT molecular complexity index is 435. The van der Waals surface area contributed by atoms with Gasteiger partial charge in [-0.15, -0.1) is 0 Å². The number of hydrogen-bond donors (Lipinski definition) is 2. The fourth-order valence-corrected chi connectivity index (χ4v) is 1.98. The van der Waals surface area contributed by atoms with Gasteiger partial charge >= 0.3 is 0 Å². The van der Waals surface area contributed by atoms with E-state index in [1.165, 1.54) is 12.8 Å². The molecule has 0 spiro atoms. The summed E-state index contributed by atoms with van der Waals surface area (Å²) in [5, 5.41) is 3.86. The molecule has 0 atom stereocenters. The van der Waals surface area contributed by atoms with E-state index in [0.717, 1.165) is 30.3 Å². The van der Waals surface area contributed by atoms with Crippen LogP contribution in [0.2, 0.25) is 5.02 Å². The van der Waals surface area contributed by atoms with Crippen LogP contribution in [0.5, 0.6) is 0 Å². The zero-order chi connectivity index (χ0) is 13.0. The van der Waals surface area contributed by atoms with Crippen molar-refractivity contribution in [3.8, 4) is 0 Å². The van der Waals surface area contributed by atoms with Crippen molar-refractivity contribution in [3.63, 3.8) is 0 Å². The van der Waals surface area contributed by atoms with Gasteiger partial charge < -0.3 is 15.8 Å². The Kier molecular flexibility index (Phi) is 4.80. The lowest BCUT2D eigenvalue weighted by Gasteiger charge is -2.10. The Labute approximate surface area is 118 Å². The number of rotatable bonds is 7. The Morgan fingerprint density at radius 1 is 1.50 bits per heavy atom. The number of halogens is 1. The molecule has 0 aliphatic heterocycles. The Balaban J connectivity index is 1.75. The van der Waals surface area contributed by atoms with Crippen molar-refractivity contribution in [1.82, 2.24) is 0 Å². The monoisotopic (exact) mass is 284 g/mol. The quantitative estimate of drug-likeness (QED) is 0.597. The van der Waals surface area contributed by atoms with Gasteiger partial charge in [0.2, 0.25) is 0 Å². The normalized spacial score (nSPS) is 14.5. The molecule has 0 bridgehead atoms. The zero-order valence-electron chi connectivity index (χ0n) is 10.1. The second-order valence-electron chi connectivity index (χ2n) is 4.50. The summed E-state index contributed by atoms with van der Waals surface area (Å²) in [5.74, 6) is 0.804. The van der Waals surface area contributed by atoms with E-state index < -0.39 is 0 Å². The molecule has 3 N–H and O–H groups in total. The van der Waals surface area contributed by atoms with Gasteiger partial charge in [-0.3, -0.25) is 0 Å². The van der Waals surface area contributed by atoms with Crippen LogP contribution in [-0.4, -0.2) is 24.7 Å². The second kappa shape index (κ2) is 6.36. The van der Waals surface area contributed by atoms with Gasteiger partial charge in [0.15, 0.2) is 0 Å². The average Bonchev–Trinajstić information content (AvgIpc) is 3.14. The van der Waals surface area contributed by atoms with Crippen molar-refractivity contribution < 1.29 is 4.74 Å². The predicted octanol–water partition coefficient (Wildman–Crippen LogP) is 2.81.